The van der Waals surface area contributed by atoms with Gasteiger partial charge in [0.1, 0.15) is 5.82 Å². The monoisotopic (exact) mass is 393 g/mol. The van der Waals surface area contributed by atoms with Gasteiger partial charge >= 0.3 is 0 Å². The fraction of sp³-hybridized carbons (Fsp3) is 0.238. The Hall–Kier alpha value is -2.90. The number of amides is 1. The van der Waals surface area contributed by atoms with E-state index in [1.165, 1.54) is 17.0 Å². The molecule has 3 aromatic rings. The lowest BCUT2D eigenvalue weighted by Gasteiger charge is -2.34. The standard InChI is InChI=1S/C21H23N5OS/c1-25-10-12-26(13-11-25)18-7-4-16(5-8-18)23-17-6-9-20(22-15-17)24-21(27)19-3-2-14-28-19/h2-9,14-15,23H,10-13H2,1H3,(H,22,24,27). The van der Waals surface area contributed by atoms with Crippen molar-refractivity contribution in [2.24, 2.45) is 0 Å². The SMILES string of the molecule is CN1CCN(c2ccc(Nc3ccc(NC(=O)c4cccs4)nc3)cc2)CC1. The highest BCUT2D eigenvalue weighted by Gasteiger charge is 2.14. The molecule has 0 atom stereocenters. The number of thiophene rings is 1. The predicted octanol–water partition coefficient (Wildman–Crippen LogP) is 3.89. The second-order valence-corrected chi connectivity index (χ2v) is 7.77. The maximum absolute atomic E-state index is 12.1. The van der Waals surface area contributed by atoms with Gasteiger partial charge in [-0.15, -0.1) is 11.3 Å². The Labute approximate surface area is 168 Å². The summed E-state index contributed by atoms with van der Waals surface area (Å²) in [5, 5.41) is 8.03. The van der Waals surface area contributed by atoms with Crippen LogP contribution in [0.3, 0.4) is 0 Å². The molecule has 2 N–H and O–H groups in total. The van der Waals surface area contributed by atoms with Crippen molar-refractivity contribution in [2.75, 3.05) is 48.8 Å². The second kappa shape index (κ2) is 8.41. The molecule has 144 valence electrons. The number of pyridine rings is 1. The van der Waals surface area contributed by atoms with E-state index in [1.54, 1.807) is 18.3 Å². The van der Waals surface area contributed by atoms with Crippen molar-refractivity contribution < 1.29 is 4.79 Å². The van der Waals surface area contributed by atoms with Gasteiger partial charge in [0, 0.05) is 37.6 Å². The zero-order valence-corrected chi connectivity index (χ0v) is 16.6. The molecule has 28 heavy (non-hydrogen) atoms. The topological polar surface area (TPSA) is 60.5 Å². The van der Waals surface area contributed by atoms with Crippen LogP contribution in [0.2, 0.25) is 0 Å². The maximum atomic E-state index is 12.1. The summed E-state index contributed by atoms with van der Waals surface area (Å²) >= 11 is 1.41. The average Bonchev–Trinajstić information content (AvgIpc) is 3.26. The molecule has 6 nitrogen and oxygen atoms in total. The Morgan fingerprint density at radius 1 is 1.00 bits per heavy atom. The first kappa shape index (κ1) is 18.5. The molecule has 4 rings (SSSR count). The first-order chi connectivity index (χ1) is 13.7. The smallest absolute Gasteiger partial charge is 0.266 e. The number of anilines is 4. The minimum absolute atomic E-state index is 0.136. The molecule has 0 radical (unpaired) electrons. The van der Waals surface area contributed by atoms with Crippen LogP contribution in [0.25, 0.3) is 0 Å². The highest BCUT2D eigenvalue weighted by molar-refractivity contribution is 7.12. The Bertz CT molecular complexity index is 901. The van der Waals surface area contributed by atoms with Gasteiger partial charge in [-0.25, -0.2) is 4.98 Å². The lowest BCUT2D eigenvalue weighted by Crippen LogP contribution is -2.44. The number of rotatable bonds is 5. The van der Waals surface area contributed by atoms with Gasteiger partial charge in [-0.3, -0.25) is 4.79 Å². The van der Waals surface area contributed by atoms with Gasteiger partial charge in [-0.2, -0.15) is 0 Å². The van der Waals surface area contributed by atoms with Gasteiger partial charge in [-0.1, -0.05) is 6.07 Å². The number of nitrogens with one attached hydrogen (secondary N) is 2. The third kappa shape index (κ3) is 4.49. The van der Waals surface area contributed by atoms with Gasteiger partial charge in [0.15, 0.2) is 0 Å². The Morgan fingerprint density at radius 3 is 2.39 bits per heavy atom. The zero-order valence-electron chi connectivity index (χ0n) is 15.8. The molecule has 1 fully saturated rings. The summed E-state index contributed by atoms with van der Waals surface area (Å²) in [6.45, 7) is 4.32. The van der Waals surface area contributed by atoms with E-state index in [1.807, 2.05) is 17.5 Å². The molecule has 3 heterocycles. The summed E-state index contributed by atoms with van der Waals surface area (Å²) in [4.78, 5) is 21.8. The van der Waals surface area contributed by atoms with Crippen molar-refractivity contribution in [2.45, 2.75) is 0 Å². The molecule has 0 aliphatic carbocycles. The van der Waals surface area contributed by atoms with E-state index in [0.29, 0.717) is 10.7 Å². The molecule has 0 spiro atoms. The van der Waals surface area contributed by atoms with Crippen molar-refractivity contribution >= 4 is 40.1 Å². The molecule has 0 saturated carbocycles. The van der Waals surface area contributed by atoms with Crippen LogP contribution >= 0.6 is 11.3 Å². The fourth-order valence-corrected chi connectivity index (χ4v) is 3.73. The van der Waals surface area contributed by atoms with Gasteiger partial charge in [0.05, 0.1) is 16.8 Å². The van der Waals surface area contributed by atoms with Crippen molar-refractivity contribution in [3.63, 3.8) is 0 Å². The first-order valence-electron chi connectivity index (χ1n) is 9.29. The molecule has 1 saturated heterocycles. The molecular formula is C21H23N5OS. The van der Waals surface area contributed by atoms with E-state index in [0.717, 1.165) is 37.6 Å². The largest absolute Gasteiger partial charge is 0.369 e. The van der Waals surface area contributed by atoms with Crippen LogP contribution in [-0.2, 0) is 0 Å². The third-order valence-electron chi connectivity index (χ3n) is 4.77. The molecule has 1 aliphatic rings. The minimum Gasteiger partial charge on any atom is -0.369 e. The number of piperazine rings is 1. The van der Waals surface area contributed by atoms with Crippen molar-refractivity contribution in [1.29, 1.82) is 0 Å². The van der Waals surface area contributed by atoms with E-state index in [2.05, 4.69) is 56.7 Å². The third-order valence-corrected chi connectivity index (χ3v) is 5.64. The van der Waals surface area contributed by atoms with Crippen LogP contribution in [0.4, 0.5) is 22.9 Å². The average molecular weight is 394 g/mol. The lowest BCUT2D eigenvalue weighted by molar-refractivity contribution is 0.103. The predicted molar refractivity (Wildman–Crippen MR) is 116 cm³/mol. The molecule has 2 aromatic heterocycles. The highest BCUT2D eigenvalue weighted by Crippen LogP contribution is 2.22. The number of benzene rings is 1. The lowest BCUT2D eigenvalue weighted by atomic mass is 10.2. The number of carbonyl (C=O) groups excluding carboxylic acids is 1. The quantitative estimate of drug-likeness (QED) is 0.689. The number of likely N-dealkylation sites (N-methyl/N-ethyl adjacent to an activating group) is 1. The van der Waals surface area contributed by atoms with Crippen molar-refractivity contribution in [3.8, 4) is 0 Å². The van der Waals surface area contributed by atoms with Crippen LogP contribution < -0.4 is 15.5 Å². The number of carbonyl (C=O) groups is 1. The second-order valence-electron chi connectivity index (χ2n) is 6.83. The van der Waals surface area contributed by atoms with Crippen LogP contribution in [0.15, 0.2) is 60.1 Å². The number of hydrogen-bond donors (Lipinski definition) is 2. The van der Waals surface area contributed by atoms with E-state index < -0.39 is 0 Å². The fourth-order valence-electron chi connectivity index (χ4n) is 3.11. The Morgan fingerprint density at radius 2 is 1.75 bits per heavy atom. The van der Waals surface area contributed by atoms with Gasteiger partial charge < -0.3 is 20.4 Å². The Balaban J connectivity index is 1.34. The Kier molecular flexibility index (Phi) is 5.55. The van der Waals surface area contributed by atoms with Crippen LogP contribution in [0, 0.1) is 0 Å². The van der Waals surface area contributed by atoms with E-state index >= 15 is 0 Å². The highest BCUT2D eigenvalue weighted by atomic mass is 32.1. The van der Waals surface area contributed by atoms with E-state index in [9.17, 15) is 4.79 Å². The van der Waals surface area contributed by atoms with Crippen LogP contribution in [0.5, 0.6) is 0 Å². The summed E-state index contributed by atoms with van der Waals surface area (Å²) in [5.41, 5.74) is 3.14. The molecule has 0 unspecified atom stereocenters. The summed E-state index contributed by atoms with van der Waals surface area (Å²) in [6, 6.07) is 15.8. The van der Waals surface area contributed by atoms with Crippen molar-refractivity contribution in [1.82, 2.24) is 9.88 Å². The van der Waals surface area contributed by atoms with Crippen molar-refractivity contribution in [3.05, 3.63) is 65.0 Å². The van der Waals surface area contributed by atoms with Crippen LogP contribution in [-0.4, -0.2) is 49.0 Å². The minimum atomic E-state index is -0.136. The van der Waals surface area contributed by atoms with Gasteiger partial charge in [0.25, 0.3) is 5.91 Å². The number of hydrogen-bond acceptors (Lipinski definition) is 6. The maximum Gasteiger partial charge on any atom is 0.266 e. The molecule has 1 amide bonds. The van der Waals surface area contributed by atoms with E-state index in [4.69, 9.17) is 0 Å². The summed E-state index contributed by atoms with van der Waals surface area (Å²) in [5.74, 6) is 0.400. The number of aromatic nitrogens is 1. The summed E-state index contributed by atoms with van der Waals surface area (Å²) < 4.78 is 0. The summed E-state index contributed by atoms with van der Waals surface area (Å²) in [7, 11) is 2.16. The summed E-state index contributed by atoms with van der Waals surface area (Å²) in [6.07, 6.45) is 1.72. The first-order valence-corrected chi connectivity index (χ1v) is 10.2. The molecular weight excluding hydrogens is 370 g/mol. The molecule has 0 bridgehead atoms. The molecule has 1 aromatic carbocycles. The number of nitrogens with zero attached hydrogens (tertiary/aromatic N) is 3. The van der Waals surface area contributed by atoms with Crippen LogP contribution in [0.1, 0.15) is 9.67 Å². The molecule has 7 heteroatoms. The zero-order chi connectivity index (χ0) is 19.3. The van der Waals surface area contributed by atoms with E-state index in [-0.39, 0.29) is 5.91 Å². The normalized spacial score (nSPS) is 14.7. The van der Waals surface area contributed by atoms with Gasteiger partial charge in [-0.05, 0) is 54.9 Å². The molecule has 1 aliphatic heterocycles. The van der Waals surface area contributed by atoms with Gasteiger partial charge in [0.2, 0.25) is 0 Å².